The molecule has 45 heavy (non-hydrogen) atoms. The van der Waals surface area contributed by atoms with Gasteiger partial charge in [-0.25, -0.2) is 4.79 Å². The third-order valence-corrected chi connectivity index (χ3v) is 8.30. The molecule has 2 aromatic carbocycles. The SMILES string of the molecule is COC(=O)C1=Cc2cc(CCC(=O)c3cc(NC(=O)c4ccc(CN5CCN(C)CC5)c(C(F)(F)F)c4)ccc3C)cnc2C1. The highest BCUT2D eigenvalue weighted by atomic mass is 19.4. The number of fused-ring (bicyclic) bond motifs is 1. The predicted octanol–water partition coefficient (Wildman–Crippen LogP) is 5.34. The lowest BCUT2D eigenvalue weighted by atomic mass is 9.98. The van der Waals surface area contributed by atoms with Crippen LogP contribution in [-0.2, 0) is 35.1 Å². The van der Waals surface area contributed by atoms with E-state index in [2.05, 4.69) is 15.2 Å². The molecule has 8 nitrogen and oxygen atoms in total. The predicted molar refractivity (Wildman–Crippen MR) is 164 cm³/mol. The number of alkyl halides is 3. The van der Waals surface area contributed by atoms with Crippen molar-refractivity contribution >= 4 is 29.4 Å². The van der Waals surface area contributed by atoms with Gasteiger partial charge in [-0.1, -0.05) is 12.1 Å². The van der Waals surface area contributed by atoms with Crippen LogP contribution in [0.2, 0.25) is 0 Å². The Morgan fingerprint density at radius 3 is 2.49 bits per heavy atom. The number of halogens is 3. The number of nitrogens with zero attached hydrogens (tertiary/aromatic N) is 3. The van der Waals surface area contributed by atoms with Crippen molar-refractivity contribution in [3.8, 4) is 0 Å². The monoisotopic (exact) mass is 620 g/mol. The minimum Gasteiger partial charge on any atom is -0.466 e. The van der Waals surface area contributed by atoms with Gasteiger partial charge in [-0.15, -0.1) is 0 Å². The number of likely N-dealkylation sites (N-methyl/N-ethyl adjacent to an activating group) is 1. The second-order valence-electron chi connectivity index (χ2n) is 11.6. The third kappa shape index (κ3) is 7.66. The molecule has 0 spiro atoms. The maximum Gasteiger partial charge on any atom is 0.416 e. The van der Waals surface area contributed by atoms with Gasteiger partial charge in [-0.2, -0.15) is 13.2 Å². The summed E-state index contributed by atoms with van der Waals surface area (Å²) in [6.45, 7) is 4.84. The van der Waals surface area contributed by atoms with Crippen LogP contribution in [0, 0.1) is 6.92 Å². The first-order valence-corrected chi connectivity index (χ1v) is 14.7. The number of aromatic nitrogens is 1. The summed E-state index contributed by atoms with van der Waals surface area (Å²) in [4.78, 5) is 46.7. The Morgan fingerprint density at radius 2 is 1.78 bits per heavy atom. The minimum atomic E-state index is -4.62. The Labute approximate surface area is 259 Å². The molecule has 0 unspecified atom stereocenters. The summed E-state index contributed by atoms with van der Waals surface area (Å²) in [6.07, 6.45) is -0.190. The average Bonchev–Trinajstić information content (AvgIpc) is 3.45. The largest absolute Gasteiger partial charge is 0.466 e. The zero-order chi connectivity index (χ0) is 32.3. The van der Waals surface area contributed by atoms with Gasteiger partial charge in [-0.05, 0) is 79.1 Å². The quantitative estimate of drug-likeness (QED) is 0.255. The van der Waals surface area contributed by atoms with Gasteiger partial charge in [0.2, 0.25) is 0 Å². The molecule has 11 heteroatoms. The van der Waals surface area contributed by atoms with Gasteiger partial charge in [0, 0.05) is 74.1 Å². The lowest BCUT2D eigenvalue weighted by Crippen LogP contribution is -2.44. The number of nitrogens with one attached hydrogen (secondary N) is 1. The normalized spacial score (nSPS) is 15.4. The number of benzene rings is 2. The van der Waals surface area contributed by atoms with Crippen LogP contribution in [-0.4, -0.2) is 72.8 Å². The van der Waals surface area contributed by atoms with Gasteiger partial charge >= 0.3 is 12.1 Å². The highest BCUT2D eigenvalue weighted by molar-refractivity contribution is 6.05. The summed E-state index contributed by atoms with van der Waals surface area (Å²) in [7, 11) is 3.31. The number of aryl methyl sites for hydroxylation is 2. The van der Waals surface area contributed by atoms with E-state index < -0.39 is 23.6 Å². The van der Waals surface area contributed by atoms with Gasteiger partial charge in [0.25, 0.3) is 5.91 Å². The molecule has 2 aliphatic rings. The second kappa shape index (κ2) is 13.3. The van der Waals surface area contributed by atoms with Gasteiger partial charge < -0.3 is 15.0 Å². The third-order valence-electron chi connectivity index (χ3n) is 8.30. The number of ether oxygens (including phenoxy) is 1. The van der Waals surface area contributed by atoms with Gasteiger partial charge in [0.1, 0.15) is 0 Å². The van der Waals surface area contributed by atoms with Crippen molar-refractivity contribution in [1.82, 2.24) is 14.8 Å². The number of methoxy groups -OCH3 is 1. The summed E-state index contributed by atoms with van der Waals surface area (Å²) in [5.74, 6) is -1.24. The van der Waals surface area contributed by atoms with Gasteiger partial charge in [0.05, 0.1) is 18.4 Å². The average molecular weight is 621 g/mol. The van der Waals surface area contributed by atoms with Crippen LogP contribution in [0.5, 0.6) is 0 Å². The van der Waals surface area contributed by atoms with Crippen LogP contribution in [0.3, 0.4) is 0 Å². The van der Waals surface area contributed by atoms with E-state index in [1.54, 1.807) is 37.4 Å². The fourth-order valence-electron chi connectivity index (χ4n) is 5.61. The molecule has 1 amide bonds. The molecular formula is C34H35F3N4O4. The number of anilines is 1. The number of Topliss-reactive ketones (excluding diaryl/α,β-unsaturated/α-hetero) is 1. The molecule has 0 saturated carbocycles. The van der Waals surface area contributed by atoms with Crippen LogP contribution in [0.4, 0.5) is 18.9 Å². The standard InChI is InChI=1S/C34H35F3N4O4/c1-21-4-8-27(18-28(21)31(42)9-5-22-14-25-15-26(33(44)45-3)17-30(25)38-19-22)39-32(43)23-6-7-24(29(16-23)34(35,36)37)20-41-12-10-40(2)11-13-41/h4,6-8,14-16,18-19H,5,9-13,17,20H2,1-3H3,(H,39,43). The number of pyridine rings is 1. The fraction of sp³-hybridized carbons (Fsp3) is 0.353. The molecule has 1 N–H and O–H groups in total. The molecule has 0 radical (unpaired) electrons. The number of piperazine rings is 1. The van der Waals surface area contributed by atoms with E-state index in [0.29, 0.717) is 48.3 Å². The molecule has 1 aromatic heterocycles. The van der Waals surface area contributed by atoms with E-state index in [9.17, 15) is 27.6 Å². The van der Waals surface area contributed by atoms with Crippen molar-refractivity contribution in [3.05, 3.63) is 98.9 Å². The zero-order valence-electron chi connectivity index (χ0n) is 25.5. The van der Waals surface area contributed by atoms with Crippen molar-refractivity contribution in [2.75, 3.05) is 45.7 Å². The maximum absolute atomic E-state index is 14.0. The summed E-state index contributed by atoms with van der Waals surface area (Å²) < 4.78 is 46.9. The minimum absolute atomic E-state index is 0.119. The van der Waals surface area contributed by atoms with Gasteiger partial charge in [0.15, 0.2) is 5.78 Å². The number of esters is 1. The van der Waals surface area contributed by atoms with E-state index in [1.165, 1.54) is 19.2 Å². The number of hydrogen-bond acceptors (Lipinski definition) is 7. The second-order valence-corrected chi connectivity index (χ2v) is 11.6. The van der Waals surface area contributed by atoms with Crippen molar-refractivity contribution in [3.63, 3.8) is 0 Å². The van der Waals surface area contributed by atoms with E-state index in [0.717, 1.165) is 36.0 Å². The summed E-state index contributed by atoms with van der Waals surface area (Å²) in [5.41, 5.74) is 3.57. The van der Waals surface area contributed by atoms with E-state index in [1.807, 2.05) is 18.0 Å². The van der Waals surface area contributed by atoms with Crippen molar-refractivity contribution < 1.29 is 32.3 Å². The number of carbonyl (C=O) groups is 3. The topological polar surface area (TPSA) is 91.8 Å². The summed E-state index contributed by atoms with van der Waals surface area (Å²) in [5, 5.41) is 2.66. The van der Waals surface area contributed by atoms with E-state index in [-0.39, 0.29) is 29.9 Å². The van der Waals surface area contributed by atoms with E-state index >= 15 is 0 Å². The van der Waals surface area contributed by atoms with Gasteiger partial charge in [-0.3, -0.25) is 19.5 Å². The number of rotatable bonds is 9. The van der Waals surface area contributed by atoms with Crippen LogP contribution in [0.1, 0.15) is 60.6 Å². The first kappa shape index (κ1) is 32.1. The molecule has 236 valence electrons. The number of amides is 1. The first-order chi connectivity index (χ1) is 21.4. The highest BCUT2D eigenvalue weighted by Crippen LogP contribution is 2.34. The molecule has 1 aliphatic heterocycles. The summed E-state index contributed by atoms with van der Waals surface area (Å²) in [6, 6.07) is 10.4. The Morgan fingerprint density at radius 1 is 1.02 bits per heavy atom. The first-order valence-electron chi connectivity index (χ1n) is 14.7. The van der Waals surface area contributed by atoms with Crippen LogP contribution >= 0.6 is 0 Å². The lowest BCUT2D eigenvalue weighted by Gasteiger charge is -2.33. The molecular weight excluding hydrogens is 585 g/mol. The number of hydrogen-bond donors (Lipinski definition) is 1. The van der Waals surface area contributed by atoms with Crippen molar-refractivity contribution in [2.24, 2.45) is 0 Å². The van der Waals surface area contributed by atoms with Crippen LogP contribution < -0.4 is 5.32 Å². The molecule has 1 aliphatic carbocycles. The van der Waals surface area contributed by atoms with Crippen LogP contribution in [0.15, 0.2) is 54.2 Å². The molecule has 0 bridgehead atoms. The molecule has 2 heterocycles. The molecule has 3 aromatic rings. The molecule has 5 rings (SSSR count). The molecule has 1 saturated heterocycles. The zero-order valence-corrected chi connectivity index (χ0v) is 25.5. The van der Waals surface area contributed by atoms with Crippen molar-refractivity contribution in [1.29, 1.82) is 0 Å². The Bertz CT molecular complexity index is 1660. The Hall–Kier alpha value is -4.35. The van der Waals surface area contributed by atoms with E-state index in [4.69, 9.17) is 4.74 Å². The number of carbonyl (C=O) groups excluding carboxylic acids is 3. The molecule has 1 fully saturated rings. The number of ketones is 1. The van der Waals surface area contributed by atoms with Crippen molar-refractivity contribution in [2.45, 2.75) is 38.9 Å². The lowest BCUT2D eigenvalue weighted by molar-refractivity contribution is -0.138. The highest BCUT2D eigenvalue weighted by Gasteiger charge is 2.34. The van der Waals surface area contributed by atoms with Crippen LogP contribution in [0.25, 0.3) is 6.08 Å². The fourth-order valence-corrected chi connectivity index (χ4v) is 5.61. The Kier molecular flexibility index (Phi) is 9.50. The Balaban J connectivity index is 1.25. The maximum atomic E-state index is 14.0. The molecule has 0 atom stereocenters. The summed E-state index contributed by atoms with van der Waals surface area (Å²) >= 11 is 0. The smallest absolute Gasteiger partial charge is 0.416 e.